The largest absolute Gasteiger partial charge is 0.395 e. The molecule has 29 heavy (non-hydrogen) atoms. The Hall–Kier alpha value is -1.75. The summed E-state index contributed by atoms with van der Waals surface area (Å²) in [4.78, 5) is 21.9. The molecule has 2 aromatic rings. The highest BCUT2D eigenvalue weighted by Crippen LogP contribution is 2.23. The van der Waals surface area contributed by atoms with Crippen molar-refractivity contribution < 1.29 is 9.90 Å². The summed E-state index contributed by atoms with van der Waals surface area (Å²) in [5, 5.41) is 19.9. The summed E-state index contributed by atoms with van der Waals surface area (Å²) in [5.41, 5.74) is 0. The number of anilines is 2. The normalized spacial score (nSPS) is 18.3. The zero-order valence-electron chi connectivity index (χ0n) is 16.2. The van der Waals surface area contributed by atoms with Crippen molar-refractivity contribution >= 4 is 44.8 Å². The van der Waals surface area contributed by atoms with E-state index in [1.807, 2.05) is 28.5 Å². The van der Waals surface area contributed by atoms with Crippen LogP contribution in [-0.2, 0) is 0 Å². The number of nitrogens with zero attached hydrogens (tertiary/aromatic N) is 6. The first kappa shape index (κ1) is 20.5. The molecule has 2 saturated heterocycles. The third kappa shape index (κ3) is 4.88. The van der Waals surface area contributed by atoms with E-state index in [0.717, 1.165) is 66.8 Å². The zero-order chi connectivity index (χ0) is 20.2. The molecule has 0 unspecified atom stereocenters. The fourth-order valence-electron chi connectivity index (χ4n) is 3.72. The Bertz CT molecular complexity index is 816. The second-order valence-corrected chi connectivity index (χ2v) is 9.04. The maximum absolute atomic E-state index is 12.6. The molecule has 0 spiro atoms. The lowest BCUT2D eigenvalue weighted by atomic mass is 10.2. The predicted molar refractivity (Wildman–Crippen MR) is 118 cm³/mol. The fourth-order valence-corrected chi connectivity index (χ4v) is 5.11. The van der Waals surface area contributed by atoms with Crippen LogP contribution in [0.5, 0.6) is 0 Å². The minimum Gasteiger partial charge on any atom is -0.395 e. The molecule has 0 aromatic carbocycles. The number of rotatable bonds is 5. The maximum Gasteiger partial charge on any atom is 0.264 e. The highest BCUT2D eigenvalue weighted by atomic mass is 79.9. The van der Waals surface area contributed by atoms with Crippen molar-refractivity contribution in [3.8, 4) is 0 Å². The van der Waals surface area contributed by atoms with Gasteiger partial charge in [0, 0.05) is 68.8 Å². The minimum absolute atomic E-state index is 0.0992. The van der Waals surface area contributed by atoms with Gasteiger partial charge in [-0.05, 0) is 34.1 Å². The van der Waals surface area contributed by atoms with Crippen LogP contribution in [0.25, 0.3) is 0 Å². The molecule has 0 aliphatic carbocycles. The lowest BCUT2D eigenvalue weighted by molar-refractivity contribution is 0.0751. The average molecular weight is 481 g/mol. The zero-order valence-corrected chi connectivity index (χ0v) is 18.6. The molecule has 4 rings (SSSR count). The van der Waals surface area contributed by atoms with E-state index in [2.05, 4.69) is 40.8 Å². The van der Waals surface area contributed by atoms with E-state index < -0.39 is 0 Å². The fraction of sp³-hybridized carbons (Fsp3) is 0.526. The summed E-state index contributed by atoms with van der Waals surface area (Å²) in [7, 11) is 0. The Morgan fingerprint density at radius 3 is 2.07 bits per heavy atom. The average Bonchev–Trinajstić information content (AvgIpc) is 3.21. The van der Waals surface area contributed by atoms with Crippen LogP contribution in [0.4, 0.5) is 11.6 Å². The number of aliphatic hydroxyl groups is 1. The number of aromatic nitrogens is 2. The Morgan fingerprint density at radius 1 is 1.00 bits per heavy atom. The molecule has 0 bridgehead atoms. The van der Waals surface area contributed by atoms with Gasteiger partial charge in [-0.2, -0.15) is 0 Å². The van der Waals surface area contributed by atoms with Crippen LogP contribution in [0.2, 0.25) is 0 Å². The van der Waals surface area contributed by atoms with E-state index in [-0.39, 0.29) is 12.5 Å². The van der Waals surface area contributed by atoms with E-state index in [9.17, 15) is 4.79 Å². The van der Waals surface area contributed by atoms with Crippen LogP contribution in [0.3, 0.4) is 0 Å². The van der Waals surface area contributed by atoms with Crippen molar-refractivity contribution in [2.24, 2.45) is 0 Å². The molecule has 0 atom stereocenters. The first-order valence-electron chi connectivity index (χ1n) is 9.84. The third-order valence-electron chi connectivity index (χ3n) is 5.42. The number of hydrogen-bond donors (Lipinski definition) is 1. The van der Waals surface area contributed by atoms with Crippen LogP contribution < -0.4 is 9.80 Å². The van der Waals surface area contributed by atoms with Gasteiger partial charge in [-0.1, -0.05) is 0 Å². The van der Waals surface area contributed by atoms with Crippen LogP contribution >= 0.6 is 27.3 Å². The number of β-amino-alcohol motifs (C(OH)–C–C–N with tert-alkyl or cyclic N) is 1. The molecule has 2 aliphatic rings. The summed E-state index contributed by atoms with van der Waals surface area (Å²) in [6.07, 6.45) is 0. The number of carbonyl (C=O) groups is 1. The molecule has 1 amide bonds. The molecule has 2 aromatic heterocycles. The van der Waals surface area contributed by atoms with E-state index >= 15 is 0 Å². The number of carbonyl (C=O) groups excluding carboxylic acids is 1. The van der Waals surface area contributed by atoms with Gasteiger partial charge in [-0.3, -0.25) is 9.69 Å². The van der Waals surface area contributed by atoms with Gasteiger partial charge in [0.1, 0.15) is 0 Å². The topological polar surface area (TPSA) is 76.0 Å². The van der Waals surface area contributed by atoms with Crippen LogP contribution in [0.1, 0.15) is 9.67 Å². The van der Waals surface area contributed by atoms with Crippen molar-refractivity contribution in [1.29, 1.82) is 0 Å². The quantitative estimate of drug-likeness (QED) is 0.692. The minimum atomic E-state index is 0.0992. The molecule has 0 saturated carbocycles. The molecule has 2 fully saturated rings. The summed E-state index contributed by atoms with van der Waals surface area (Å²) in [5.74, 6) is 1.86. The van der Waals surface area contributed by atoms with Gasteiger partial charge in [0.05, 0.1) is 11.5 Å². The van der Waals surface area contributed by atoms with Gasteiger partial charge >= 0.3 is 0 Å². The second kappa shape index (κ2) is 9.38. The smallest absolute Gasteiger partial charge is 0.264 e. The molecular formula is C19H25BrN6O2S. The van der Waals surface area contributed by atoms with Crippen LogP contribution in [0, 0.1) is 0 Å². The van der Waals surface area contributed by atoms with Gasteiger partial charge in [-0.25, -0.2) is 0 Å². The lowest BCUT2D eigenvalue weighted by Crippen LogP contribution is -2.49. The molecule has 1 N–H and O–H groups in total. The number of thiophene rings is 1. The van der Waals surface area contributed by atoms with Crippen molar-refractivity contribution in [1.82, 2.24) is 20.0 Å². The highest BCUT2D eigenvalue weighted by molar-refractivity contribution is 9.10. The van der Waals surface area contributed by atoms with E-state index in [1.165, 1.54) is 11.3 Å². The van der Waals surface area contributed by atoms with Gasteiger partial charge in [0.25, 0.3) is 5.91 Å². The van der Waals surface area contributed by atoms with Crippen LogP contribution in [0.15, 0.2) is 28.1 Å². The van der Waals surface area contributed by atoms with Crippen molar-refractivity contribution in [3.63, 3.8) is 0 Å². The van der Waals surface area contributed by atoms with Crippen molar-refractivity contribution in [2.45, 2.75) is 0 Å². The predicted octanol–water partition coefficient (Wildman–Crippen LogP) is 1.38. The molecule has 4 heterocycles. The Morgan fingerprint density at radius 2 is 1.59 bits per heavy atom. The van der Waals surface area contributed by atoms with Gasteiger partial charge in [-0.15, -0.1) is 21.5 Å². The third-order valence-corrected chi connectivity index (χ3v) is 7.10. The highest BCUT2D eigenvalue weighted by Gasteiger charge is 2.24. The molecule has 156 valence electrons. The first-order valence-corrected chi connectivity index (χ1v) is 11.5. The SMILES string of the molecule is O=C(c1cc(Br)cs1)N1CCN(c2ccc(N3CCN(CCO)CC3)nn2)CC1. The Kier molecular flexibility index (Phi) is 6.63. The molecule has 0 radical (unpaired) electrons. The summed E-state index contributed by atoms with van der Waals surface area (Å²) in [6.45, 7) is 7.48. The standard InChI is InChI=1S/C19H25BrN6O2S/c20-15-13-16(29-14-15)19(28)26-9-7-25(8-10-26)18-2-1-17(21-22-18)24-5-3-23(4-6-24)11-12-27/h1-2,13-14,27H,3-12H2. The number of halogens is 1. The summed E-state index contributed by atoms with van der Waals surface area (Å²) >= 11 is 4.88. The second-order valence-electron chi connectivity index (χ2n) is 7.21. The van der Waals surface area contributed by atoms with Crippen molar-refractivity contribution in [2.75, 3.05) is 75.3 Å². The van der Waals surface area contributed by atoms with Gasteiger partial charge in [0.15, 0.2) is 11.6 Å². The summed E-state index contributed by atoms with van der Waals surface area (Å²) in [6, 6.07) is 5.94. The molecule has 8 nitrogen and oxygen atoms in total. The van der Waals surface area contributed by atoms with Gasteiger partial charge in [0.2, 0.25) is 0 Å². The van der Waals surface area contributed by atoms with E-state index in [4.69, 9.17) is 5.11 Å². The Labute approximate surface area is 182 Å². The molecule has 10 heteroatoms. The lowest BCUT2D eigenvalue weighted by Gasteiger charge is -2.36. The number of aliphatic hydroxyl groups excluding tert-OH is 1. The number of piperazine rings is 2. The molecule has 2 aliphatic heterocycles. The van der Waals surface area contributed by atoms with Crippen molar-refractivity contribution in [3.05, 3.63) is 32.9 Å². The maximum atomic E-state index is 12.6. The van der Waals surface area contributed by atoms with Gasteiger partial charge < -0.3 is 19.8 Å². The Balaban J connectivity index is 1.30. The number of hydrogen-bond acceptors (Lipinski definition) is 8. The summed E-state index contributed by atoms with van der Waals surface area (Å²) < 4.78 is 0.953. The monoisotopic (exact) mass is 480 g/mol. The van der Waals surface area contributed by atoms with E-state index in [0.29, 0.717) is 13.1 Å². The van der Waals surface area contributed by atoms with E-state index in [1.54, 1.807) is 0 Å². The van der Waals surface area contributed by atoms with Crippen LogP contribution in [-0.4, -0.2) is 96.5 Å². The molecular weight excluding hydrogens is 456 g/mol. The first-order chi connectivity index (χ1) is 14.1. The number of amides is 1.